The van der Waals surface area contributed by atoms with E-state index in [9.17, 15) is 8.42 Å². The van der Waals surface area contributed by atoms with E-state index in [0.717, 1.165) is 24.1 Å². The van der Waals surface area contributed by atoms with Crippen molar-refractivity contribution < 1.29 is 8.42 Å². The van der Waals surface area contributed by atoms with Gasteiger partial charge in [-0.15, -0.1) is 10.2 Å². The Hall–Kier alpha value is -0.950. The number of hydrogen-bond acceptors (Lipinski definition) is 4. The van der Waals surface area contributed by atoms with Gasteiger partial charge < -0.3 is 4.57 Å². The summed E-state index contributed by atoms with van der Waals surface area (Å²) in [5, 5.41) is 13.2. The molecule has 0 aliphatic heterocycles. The maximum absolute atomic E-state index is 11.7. The summed E-state index contributed by atoms with van der Waals surface area (Å²) in [4.78, 5) is 0. The lowest BCUT2D eigenvalue weighted by Crippen LogP contribution is -2.22. The predicted molar refractivity (Wildman–Crippen MR) is 78.9 cm³/mol. The highest BCUT2D eigenvalue weighted by Gasteiger charge is 2.40. The fourth-order valence-electron chi connectivity index (χ4n) is 4.09. The molecule has 3 rings (SSSR count). The Morgan fingerprint density at radius 2 is 2.05 bits per heavy atom. The van der Waals surface area contributed by atoms with Crippen LogP contribution in [0.1, 0.15) is 45.4 Å². The fraction of sp³-hybridized carbons (Fsp3) is 0.857. The van der Waals surface area contributed by atoms with Gasteiger partial charge in [-0.3, -0.25) is 0 Å². The summed E-state index contributed by atoms with van der Waals surface area (Å²) in [6, 6.07) is 0. The van der Waals surface area contributed by atoms with Crippen molar-refractivity contribution in [1.82, 2.24) is 14.8 Å². The summed E-state index contributed by atoms with van der Waals surface area (Å²) in [5.74, 6) is 3.40. The molecule has 2 bridgehead atoms. The fourth-order valence-corrected chi connectivity index (χ4v) is 4.73. The maximum Gasteiger partial charge on any atom is 0.273 e. The lowest BCUT2D eigenvalue weighted by atomic mass is 9.86. The first-order valence-electron chi connectivity index (χ1n) is 7.79. The highest BCUT2D eigenvalue weighted by molar-refractivity contribution is 7.89. The second-order valence-corrected chi connectivity index (χ2v) is 8.54. The van der Waals surface area contributed by atoms with Crippen molar-refractivity contribution in [2.24, 2.45) is 28.8 Å². The molecule has 0 aromatic carbocycles. The zero-order valence-corrected chi connectivity index (χ0v) is 13.5. The molecule has 2 fully saturated rings. The van der Waals surface area contributed by atoms with Crippen LogP contribution < -0.4 is 5.14 Å². The van der Waals surface area contributed by atoms with Crippen LogP contribution >= 0.6 is 0 Å². The number of nitrogens with two attached hydrogens (primary N) is 1. The van der Waals surface area contributed by atoms with E-state index in [4.69, 9.17) is 5.14 Å². The van der Waals surface area contributed by atoms with Gasteiger partial charge >= 0.3 is 0 Å². The topological polar surface area (TPSA) is 90.9 Å². The van der Waals surface area contributed by atoms with Crippen molar-refractivity contribution in [2.45, 2.75) is 57.7 Å². The second kappa shape index (κ2) is 5.35. The molecule has 0 amide bonds. The Morgan fingerprint density at radius 1 is 1.29 bits per heavy atom. The molecule has 118 valence electrons. The minimum Gasteiger partial charge on any atom is -0.300 e. The number of aromatic nitrogens is 3. The highest BCUT2D eigenvalue weighted by Crippen LogP contribution is 2.49. The average molecular weight is 312 g/mol. The number of fused-ring (bicyclic) bond motifs is 2. The lowest BCUT2D eigenvalue weighted by molar-refractivity contribution is 0.319. The van der Waals surface area contributed by atoms with Crippen molar-refractivity contribution in [3.63, 3.8) is 0 Å². The average Bonchev–Trinajstić information content (AvgIpc) is 3.04. The van der Waals surface area contributed by atoms with E-state index >= 15 is 0 Å². The molecule has 1 heterocycles. The summed E-state index contributed by atoms with van der Waals surface area (Å²) in [5.41, 5.74) is 0. The van der Waals surface area contributed by atoms with Crippen LogP contribution in [0.5, 0.6) is 0 Å². The molecular weight excluding hydrogens is 288 g/mol. The number of rotatable bonds is 5. The summed E-state index contributed by atoms with van der Waals surface area (Å²) in [7, 11) is -3.81. The predicted octanol–water partition coefficient (Wildman–Crippen LogP) is 1.56. The van der Waals surface area contributed by atoms with E-state index in [1.54, 1.807) is 4.57 Å². The normalized spacial score (nSPS) is 28.7. The van der Waals surface area contributed by atoms with Crippen LogP contribution in [0.3, 0.4) is 0 Å². The van der Waals surface area contributed by atoms with E-state index < -0.39 is 10.0 Å². The standard InChI is InChI=1S/C14H24N4O2S/c1-9(2)8-18-13(16-17-14(18)21(15,19)20)7-12-6-10-3-4-11(12)5-10/h9-12H,3-8H2,1-2H3,(H2,15,19,20). The van der Waals surface area contributed by atoms with Crippen molar-refractivity contribution in [2.75, 3.05) is 0 Å². The van der Waals surface area contributed by atoms with Gasteiger partial charge in [0, 0.05) is 13.0 Å². The Kier molecular flexibility index (Phi) is 3.81. The van der Waals surface area contributed by atoms with Gasteiger partial charge in [0.05, 0.1) is 0 Å². The van der Waals surface area contributed by atoms with Crippen molar-refractivity contribution >= 4 is 10.0 Å². The van der Waals surface area contributed by atoms with E-state index in [1.165, 1.54) is 25.7 Å². The summed E-state index contributed by atoms with van der Waals surface area (Å²) in [6.45, 7) is 4.69. The van der Waals surface area contributed by atoms with Gasteiger partial charge in [-0.2, -0.15) is 0 Å². The van der Waals surface area contributed by atoms with Gasteiger partial charge in [0.25, 0.3) is 15.2 Å². The van der Waals surface area contributed by atoms with Crippen LogP contribution in [-0.4, -0.2) is 23.2 Å². The van der Waals surface area contributed by atoms with E-state index in [1.807, 2.05) is 13.8 Å². The highest BCUT2D eigenvalue weighted by atomic mass is 32.2. The van der Waals surface area contributed by atoms with Crippen LogP contribution in [0.25, 0.3) is 0 Å². The largest absolute Gasteiger partial charge is 0.300 e. The van der Waals surface area contributed by atoms with Gasteiger partial charge in [-0.25, -0.2) is 13.6 Å². The van der Waals surface area contributed by atoms with Crippen LogP contribution in [0.15, 0.2) is 5.16 Å². The summed E-state index contributed by atoms with van der Waals surface area (Å²) < 4.78 is 25.0. The van der Waals surface area contributed by atoms with Crippen LogP contribution in [-0.2, 0) is 23.0 Å². The molecule has 21 heavy (non-hydrogen) atoms. The molecular formula is C14H24N4O2S. The van der Waals surface area contributed by atoms with Crippen LogP contribution in [0.2, 0.25) is 0 Å². The number of nitrogens with zero attached hydrogens (tertiary/aromatic N) is 3. The number of primary sulfonamides is 1. The lowest BCUT2D eigenvalue weighted by Gasteiger charge is -2.21. The molecule has 6 nitrogen and oxygen atoms in total. The Bertz CT molecular complexity index is 623. The van der Waals surface area contributed by atoms with Gasteiger partial charge in [-0.05, 0) is 42.9 Å². The van der Waals surface area contributed by atoms with Gasteiger partial charge in [0.15, 0.2) is 0 Å². The third-order valence-electron chi connectivity index (χ3n) is 4.92. The number of sulfonamides is 1. The third kappa shape index (κ3) is 2.99. The quantitative estimate of drug-likeness (QED) is 0.893. The molecule has 2 aliphatic rings. The Morgan fingerprint density at radius 3 is 2.57 bits per heavy atom. The first-order valence-corrected chi connectivity index (χ1v) is 9.34. The first-order chi connectivity index (χ1) is 9.84. The van der Waals surface area contributed by atoms with E-state index in [-0.39, 0.29) is 5.16 Å². The molecule has 2 aliphatic carbocycles. The summed E-state index contributed by atoms with van der Waals surface area (Å²) >= 11 is 0. The van der Waals surface area contributed by atoms with Gasteiger partial charge in [0.1, 0.15) is 5.82 Å². The third-order valence-corrected chi connectivity index (χ3v) is 5.74. The molecule has 0 saturated heterocycles. The smallest absolute Gasteiger partial charge is 0.273 e. The molecule has 0 spiro atoms. The first kappa shape index (κ1) is 15.0. The Balaban J connectivity index is 1.86. The molecule has 7 heteroatoms. The molecule has 3 unspecified atom stereocenters. The van der Waals surface area contributed by atoms with E-state index in [2.05, 4.69) is 10.2 Å². The summed E-state index contributed by atoms with van der Waals surface area (Å²) in [6.07, 6.45) is 6.10. The van der Waals surface area contributed by atoms with E-state index in [0.29, 0.717) is 18.4 Å². The van der Waals surface area contributed by atoms with Crippen molar-refractivity contribution in [1.29, 1.82) is 0 Å². The SMILES string of the molecule is CC(C)Cn1c(CC2CC3CCC2C3)nnc1S(N)(=O)=O. The monoisotopic (exact) mass is 312 g/mol. The molecule has 2 N–H and O–H groups in total. The van der Waals surface area contributed by atoms with Crippen molar-refractivity contribution in [3.8, 4) is 0 Å². The molecule has 2 saturated carbocycles. The van der Waals surface area contributed by atoms with Gasteiger partial charge in [-0.1, -0.05) is 20.3 Å². The van der Waals surface area contributed by atoms with Crippen LogP contribution in [0, 0.1) is 23.7 Å². The van der Waals surface area contributed by atoms with Crippen molar-refractivity contribution in [3.05, 3.63) is 5.82 Å². The van der Waals surface area contributed by atoms with Gasteiger partial charge in [0.2, 0.25) is 0 Å². The molecule has 3 atom stereocenters. The minimum absolute atomic E-state index is 0.0886. The maximum atomic E-state index is 11.7. The molecule has 0 radical (unpaired) electrons. The second-order valence-electron chi connectivity index (χ2n) is 7.09. The zero-order chi connectivity index (χ0) is 15.2. The molecule has 1 aromatic heterocycles. The number of hydrogen-bond donors (Lipinski definition) is 1. The Labute approximate surface area is 126 Å². The zero-order valence-electron chi connectivity index (χ0n) is 12.7. The van der Waals surface area contributed by atoms with Crippen LogP contribution in [0.4, 0.5) is 0 Å². The minimum atomic E-state index is -3.81. The molecule has 1 aromatic rings.